The van der Waals surface area contributed by atoms with Crippen LogP contribution in [-0.2, 0) is 11.2 Å². The lowest BCUT2D eigenvalue weighted by Crippen LogP contribution is -2.26. The van der Waals surface area contributed by atoms with Gasteiger partial charge in [-0.05, 0) is 55.0 Å². The van der Waals surface area contributed by atoms with Crippen molar-refractivity contribution in [3.63, 3.8) is 0 Å². The van der Waals surface area contributed by atoms with Crippen molar-refractivity contribution in [3.8, 4) is 17.2 Å². The molecule has 0 spiro atoms. The number of carboxylic acid groups (broad SMARTS) is 1. The number of rotatable bonds is 6. The number of hydrogen-bond acceptors (Lipinski definition) is 5. The number of hydrogen-bond donors (Lipinski definition) is 1. The Balaban J connectivity index is 1.33. The van der Waals surface area contributed by atoms with Crippen molar-refractivity contribution in [2.75, 3.05) is 6.61 Å². The lowest BCUT2D eigenvalue weighted by Gasteiger charge is -2.12. The number of aromatic nitrogens is 1. The molecule has 2 heterocycles. The van der Waals surface area contributed by atoms with Crippen LogP contribution < -0.4 is 14.2 Å². The molecule has 0 unspecified atom stereocenters. The van der Waals surface area contributed by atoms with Crippen LogP contribution >= 0.6 is 0 Å². The van der Waals surface area contributed by atoms with E-state index in [4.69, 9.17) is 14.2 Å². The van der Waals surface area contributed by atoms with Crippen LogP contribution in [0, 0.1) is 6.92 Å². The van der Waals surface area contributed by atoms with Gasteiger partial charge in [0.05, 0.1) is 11.9 Å². The summed E-state index contributed by atoms with van der Waals surface area (Å²) in [5.41, 5.74) is 2.42. The summed E-state index contributed by atoms with van der Waals surface area (Å²) >= 11 is 0. The number of aliphatic carboxylic acids is 1. The number of ether oxygens (including phenoxy) is 3. The first kappa shape index (κ1) is 20.6. The number of para-hydroxylation sites is 3. The van der Waals surface area contributed by atoms with Crippen LogP contribution in [0.1, 0.15) is 21.6 Å². The standard InChI is InChI=1S/C26H21NO6/c1-16-20(14-24(28)29)19-6-2-3-7-21(19)27(16)26(30)17-10-12-18(13-11-17)31-15-25-32-22-8-4-5-9-23(22)33-25/h2-13,25H,14-15H2,1H3,(H,28,29). The topological polar surface area (TPSA) is 87.0 Å². The highest BCUT2D eigenvalue weighted by molar-refractivity contribution is 6.04. The fourth-order valence-electron chi connectivity index (χ4n) is 4.08. The minimum Gasteiger partial charge on any atom is -0.486 e. The minimum atomic E-state index is -0.937. The predicted molar refractivity (Wildman–Crippen MR) is 121 cm³/mol. The molecule has 1 aliphatic rings. The van der Waals surface area contributed by atoms with Gasteiger partial charge in [0.1, 0.15) is 5.75 Å². The summed E-state index contributed by atoms with van der Waals surface area (Å²) in [5, 5.41) is 10.1. The van der Waals surface area contributed by atoms with Gasteiger partial charge in [0.15, 0.2) is 18.1 Å². The first-order valence-corrected chi connectivity index (χ1v) is 10.5. The number of fused-ring (bicyclic) bond motifs is 2. The molecule has 0 amide bonds. The summed E-state index contributed by atoms with van der Waals surface area (Å²) < 4.78 is 18.7. The van der Waals surface area contributed by atoms with Crippen molar-refractivity contribution in [3.05, 3.63) is 89.6 Å². The summed E-state index contributed by atoms with van der Waals surface area (Å²) in [6, 6.07) is 21.6. The van der Waals surface area contributed by atoms with Crippen molar-refractivity contribution < 1.29 is 28.9 Å². The second-order valence-electron chi connectivity index (χ2n) is 7.74. The number of carbonyl (C=O) groups is 2. The SMILES string of the molecule is Cc1c(CC(=O)O)c2ccccc2n1C(=O)c1ccc(OCC2Oc3ccccc3O2)cc1. The molecule has 0 atom stereocenters. The maximum atomic E-state index is 13.3. The lowest BCUT2D eigenvalue weighted by atomic mass is 10.1. The smallest absolute Gasteiger partial charge is 0.307 e. The molecule has 0 saturated heterocycles. The number of carboxylic acids is 1. The zero-order chi connectivity index (χ0) is 22.9. The van der Waals surface area contributed by atoms with Gasteiger partial charge in [0.25, 0.3) is 12.2 Å². The quantitative estimate of drug-likeness (QED) is 0.474. The van der Waals surface area contributed by atoms with Crippen LogP contribution in [-0.4, -0.2) is 34.4 Å². The van der Waals surface area contributed by atoms with Gasteiger partial charge in [-0.2, -0.15) is 0 Å². The molecule has 0 saturated carbocycles. The predicted octanol–water partition coefficient (Wildman–Crippen LogP) is 4.44. The van der Waals surface area contributed by atoms with E-state index in [0.29, 0.717) is 39.6 Å². The molecular formula is C26H21NO6. The Bertz CT molecular complexity index is 1330. The summed E-state index contributed by atoms with van der Waals surface area (Å²) in [4.78, 5) is 24.7. The van der Waals surface area contributed by atoms with Gasteiger partial charge in [0, 0.05) is 16.6 Å². The fourth-order valence-corrected chi connectivity index (χ4v) is 4.08. The van der Waals surface area contributed by atoms with Crippen LogP contribution in [0.3, 0.4) is 0 Å². The summed E-state index contributed by atoms with van der Waals surface area (Å²) in [7, 11) is 0. The van der Waals surface area contributed by atoms with E-state index in [1.165, 1.54) is 0 Å². The van der Waals surface area contributed by atoms with Gasteiger partial charge < -0.3 is 19.3 Å². The highest BCUT2D eigenvalue weighted by Crippen LogP contribution is 2.34. The fraction of sp³-hybridized carbons (Fsp3) is 0.154. The minimum absolute atomic E-state index is 0.144. The molecule has 0 radical (unpaired) electrons. The average Bonchev–Trinajstić information content (AvgIpc) is 3.36. The molecule has 1 N–H and O–H groups in total. The Morgan fingerprint density at radius 1 is 0.939 bits per heavy atom. The maximum Gasteiger partial charge on any atom is 0.307 e. The van der Waals surface area contributed by atoms with E-state index in [0.717, 1.165) is 5.39 Å². The highest BCUT2D eigenvalue weighted by atomic mass is 16.7. The lowest BCUT2D eigenvalue weighted by molar-refractivity contribution is -0.136. The number of carbonyl (C=O) groups excluding carboxylic acids is 1. The molecule has 5 rings (SSSR count). The third kappa shape index (κ3) is 3.89. The number of benzene rings is 3. The Hall–Kier alpha value is -4.26. The van der Waals surface area contributed by atoms with Crippen LogP contribution in [0.4, 0.5) is 0 Å². The molecule has 4 aromatic rings. The first-order valence-electron chi connectivity index (χ1n) is 10.5. The van der Waals surface area contributed by atoms with Gasteiger partial charge in [0.2, 0.25) is 0 Å². The molecule has 1 aromatic heterocycles. The van der Waals surface area contributed by atoms with E-state index < -0.39 is 12.3 Å². The van der Waals surface area contributed by atoms with Gasteiger partial charge in [-0.25, -0.2) is 0 Å². The Kier molecular flexibility index (Phi) is 5.22. The van der Waals surface area contributed by atoms with Crippen LogP contribution in [0.25, 0.3) is 10.9 Å². The van der Waals surface area contributed by atoms with Gasteiger partial charge in [-0.15, -0.1) is 0 Å². The van der Waals surface area contributed by atoms with Gasteiger partial charge in [-0.3, -0.25) is 14.2 Å². The van der Waals surface area contributed by atoms with Crippen molar-refractivity contribution >= 4 is 22.8 Å². The van der Waals surface area contributed by atoms with Gasteiger partial charge in [-0.1, -0.05) is 30.3 Å². The van der Waals surface area contributed by atoms with Crippen LogP contribution in [0.5, 0.6) is 17.2 Å². The van der Waals surface area contributed by atoms with Crippen molar-refractivity contribution in [2.45, 2.75) is 19.6 Å². The molecule has 1 aliphatic heterocycles. The molecule has 0 aliphatic carbocycles. The second kappa shape index (κ2) is 8.35. The zero-order valence-corrected chi connectivity index (χ0v) is 17.9. The largest absolute Gasteiger partial charge is 0.486 e. The first-order chi connectivity index (χ1) is 16.0. The maximum absolute atomic E-state index is 13.3. The van der Waals surface area contributed by atoms with Crippen LogP contribution in [0.15, 0.2) is 72.8 Å². The molecule has 0 fully saturated rings. The van der Waals surface area contributed by atoms with Crippen molar-refractivity contribution in [1.29, 1.82) is 0 Å². The highest BCUT2D eigenvalue weighted by Gasteiger charge is 2.24. The van der Waals surface area contributed by atoms with E-state index in [1.807, 2.05) is 48.5 Å². The third-order valence-corrected chi connectivity index (χ3v) is 5.63. The molecule has 7 heteroatoms. The Labute approximate surface area is 189 Å². The molecule has 3 aromatic carbocycles. The van der Waals surface area contributed by atoms with E-state index in [-0.39, 0.29) is 18.9 Å². The van der Waals surface area contributed by atoms with E-state index in [1.54, 1.807) is 35.8 Å². The molecule has 166 valence electrons. The summed E-state index contributed by atoms with van der Waals surface area (Å²) in [5.74, 6) is 0.778. The molecular weight excluding hydrogens is 422 g/mol. The molecule has 0 bridgehead atoms. The van der Waals surface area contributed by atoms with E-state index in [9.17, 15) is 14.7 Å². The summed E-state index contributed by atoms with van der Waals surface area (Å²) in [6.07, 6.45) is -0.681. The van der Waals surface area contributed by atoms with Crippen molar-refractivity contribution in [2.24, 2.45) is 0 Å². The van der Waals surface area contributed by atoms with E-state index >= 15 is 0 Å². The third-order valence-electron chi connectivity index (χ3n) is 5.63. The normalized spacial score (nSPS) is 12.8. The zero-order valence-electron chi connectivity index (χ0n) is 17.9. The van der Waals surface area contributed by atoms with Crippen molar-refractivity contribution in [1.82, 2.24) is 4.57 Å². The monoisotopic (exact) mass is 443 g/mol. The summed E-state index contributed by atoms with van der Waals surface area (Å²) in [6.45, 7) is 1.97. The number of nitrogens with zero attached hydrogens (tertiary/aromatic N) is 1. The Morgan fingerprint density at radius 2 is 1.58 bits per heavy atom. The average molecular weight is 443 g/mol. The molecule has 7 nitrogen and oxygen atoms in total. The van der Waals surface area contributed by atoms with E-state index in [2.05, 4.69) is 0 Å². The van der Waals surface area contributed by atoms with Gasteiger partial charge >= 0.3 is 5.97 Å². The Morgan fingerprint density at radius 3 is 2.24 bits per heavy atom. The van der Waals surface area contributed by atoms with Crippen LogP contribution in [0.2, 0.25) is 0 Å². The molecule has 33 heavy (non-hydrogen) atoms. The second-order valence-corrected chi connectivity index (χ2v) is 7.74.